The lowest BCUT2D eigenvalue weighted by atomic mass is 9.95. The average molecular weight is 491 g/mol. The van der Waals surface area contributed by atoms with Crippen LogP contribution in [-0.2, 0) is 16.6 Å². The smallest absolute Gasteiger partial charge is 0.264 e. The number of benzene rings is 3. The molecule has 0 spiro atoms. The molecule has 3 atom stereocenters. The highest BCUT2D eigenvalue weighted by Crippen LogP contribution is 2.44. The van der Waals surface area contributed by atoms with Gasteiger partial charge in [0, 0.05) is 6.04 Å². The minimum absolute atomic E-state index is 0.105. The Labute approximate surface area is 207 Å². The molecule has 7 heteroatoms. The van der Waals surface area contributed by atoms with Crippen LogP contribution in [0.1, 0.15) is 41.6 Å². The number of methoxy groups -OCH3 is 1. The number of carbonyl (C=O) groups excluding carboxylic acids is 1. The van der Waals surface area contributed by atoms with Gasteiger partial charge in [0.2, 0.25) is 0 Å². The van der Waals surface area contributed by atoms with E-state index >= 15 is 0 Å². The molecule has 35 heavy (non-hydrogen) atoms. The molecule has 0 aliphatic heterocycles. The second kappa shape index (κ2) is 9.74. The van der Waals surface area contributed by atoms with Gasteiger partial charge in [0.05, 0.1) is 29.8 Å². The van der Waals surface area contributed by atoms with E-state index < -0.39 is 10.0 Å². The van der Waals surface area contributed by atoms with Crippen LogP contribution in [0.3, 0.4) is 0 Å². The molecule has 2 fully saturated rings. The molecule has 2 aliphatic carbocycles. The Hall–Kier alpha value is -3.32. The van der Waals surface area contributed by atoms with Crippen LogP contribution in [0, 0.1) is 11.8 Å². The highest BCUT2D eigenvalue weighted by Gasteiger charge is 2.40. The number of fused-ring (bicyclic) bond motifs is 2. The number of sulfonamides is 1. The first kappa shape index (κ1) is 23.4. The molecule has 5 rings (SSSR count). The Morgan fingerprint density at radius 1 is 0.943 bits per heavy atom. The van der Waals surface area contributed by atoms with Crippen molar-refractivity contribution < 1.29 is 17.9 Å². The quantitative estimate of drug-likeness (QED) is 0.482. The summed E-state index contributed by atoms with van der Waals surface area (Å²) in [7, 11) is -2.43. The lowest BCUT2D eigenvalue weighted by molar-refractivity contribution is 0.0923. The molecule has 1 N–H and O–H groups in total. The van der Waals surface area contributed by atoms with E-state index in [1.165, 1.54) is 36.4 Å². The Balaban J connectivity index is 1.52. The van der Waals surface area contributed by atoms with Crippen molar-refractivity contribution in [3.63, 3.8) is 0 Å². The third-order valence-electron chi connectivity index (χ3n) is 7.29. The van der Waals surface area contributed by atoms with E-state index in [1.807, 2.05) is 30.3 Å². The first-order valence-electron chi connectivity index (χ1n) is 12.1. The fourth-order valence-corrected chi connectivity index (χ4v) is 6.95. The lowest BCUT2D eigenvalue weighted by Crippen LogP contribution is -2.40. The first-order chi connectivity index (χ1) is 17.0. The van der Waals surface area contributed by atoms with E-state index in [1.54, 1.807) is 36.4 Å². The molecule has 0 saturated heterocycles. The molecular weight excluding hydrogens is 460 g/mol. The number of nitrogens with one attached hydrogen (secondary N) is 1. The molecule has 2 aliphatic rings. The van der Waals surface area contributed by atoms with Crippen LogP contribution in [0.25, 0.3) is 0 Å². The number of nitrogens with zero attached hydrogens (tertiary/aromatic N) is 1. The van der Waals surface area contributed by atoms with E-state index in [-0.39, 0.29) is 23.4 Å². The molecule has 0 aromatic heterocycles. The maximum absolute atomic E-state index is 13.9. The van der Waals surface area contributed by atoms with E-state index in [0.717, 1.165) is 18.4 Å². The number of anilines is 1. The summed E-state index contributed by atoms with van der Waals surface area (Å²) < 4.78 is 34.4. The third-order valence-corrected chi connectivity index (χ3v) is 9.06. The molecule has 0 radical (unpaired) electrons. The van der Waals surface area contributed by atoms with Crippen molar-refractivity contribution in [1.82, 2.24) is 5.32 Å². The van der Waals surface area contributed by atoms with Gasteiger partial charge in [-0.3, -0.25) is 9.10 Å². The average Bonchev–Trinajstić information content (AvgIpc) is 3.51. The summed E-state index contributed by atoms with van der Waals surface area (Å²) >= 11 is 0. The van der Waals surface area contributed by atoms with Crippen LogP contribution in [-0.4, -0.2) is 27.5 Å². The largest absolute Gasteiger partial charge is 0.497 e. The third kappa shape index (κ3) is 4.78. The van der Waals surface area contributed by atoms with Gasteiger partial charge in [-0.2, -0.15) is 0 Å². The topological polar surface area (TPSA) is 75.7 Å². The van der Waals surface area contributed by atoms with Crippen molar-refractivity contribution >= 4 is 21.6 Å². The molecule has 1 amide bonds. The molecular formula is C28H30N2O4S. The zero-order valence-electron chi connectivity index (χ0n) is 19.8. The standard InChI is InChI=1S/C28H30N2O4S/c1-34-23-13-15-24(16-14-23)35(32,33)30(19-20-7-3-2-4-8-20)27-10-6-5-9-25(27)28(31)29-26-18-21-11-12-22(26)17-21/h2-10,13-16,21-22,26H,11-12,17-19H2,1H3,(H,29,31)/t21-,22-,26-/m0/s1. The van der Waals surface area contributed by atoms with Gasteiger partial charge in [0.25, 0.3) is 15.9 Å². The van der Waals surface area contributed by atoms with E-state index in [0.29, 0.717) is 28.8 Å². The summed E-state index contributed by atoms with van der Waals surface area (Å²) in [6.45, 7) is 0.105. The summed E-state index contributed by atoms with van der Waals surface area (Å²) in [5, 5.41) is 3.22. The summed E-state index contributed by atoms with van der Waals surface area (Å²) in [6.07, 6.45) is 4.59. The second-order valence-corrected chi connectivity index (χ2v) is 11.3. The number of ether oxygens (including phenoxy) is 1. The van der Waals surface area contributed by atoms with Crippen molar-refractivity contribution in [2.75, 3.05) is 11.4 Å². The fourth-order valence-electron chi connectivity index (χ4n) is 5.47. The molecule has 182 valence electrons. The Kier molecular flexibility index (Phi) is 6.52. The van der Waals surface area contributed by atoms with Crippen molar-refractivity contribution in [2.45, 2.75) is 43.2 Å². The predicted octanol–water partition coefficient (Wildman–Crippen LogP) is 5.01. The van der Waals surface area contributed by atoms with Gasteiger partial charge in [0.1, 0.15) is 5.75 Å². The second-order valence-electron chi connectivity index (χ2n) is 9.44. The zero-order chi connectivity index (χ0) is 24.4. The minimum atomic E-state index is -3.97. The monoisotopic (exact) mass is 490 g/mol. The van der Waals surface area contributed by atoms with E-state index in [4.69, 9.17) is 4.74 Å². The van der Waals surface area contributed by atoms with Gasteiger partial charge in [-0.1, -0.05) is 48.9 Å². The van der Waals surface area contributed by atoms with Crippen LogP contribution in [0.5, 0.6) is 5.75 Å². The van der Waals surface area contributed by atoms with Gasteiger partial charge in [0.15, 0.2) is 0 Å². The normalized spacial score (nSPS) is 21.0. The summed E-state index contributed by atoms with van der Waals surface area (Å²) in [5.74, 6) is 1.58. The number of para-hydroxylation sites is 1. The van der Waals surface area contributed by atoms with E-state index in [9.17, 15) is 13.2 Å². The van der Waals surface area contributed by atoms with Crippen LogP contribution in [0.4, 0.5) is 5.69 Å². The summed E-state index contributed by atoms with van der Waals surface area (Å²) in [6, 6.07) is 22.9. The molecule has 2 bridgehead atoms. The maximum atomic E-state index is 13.9. The fraction of sp³-hybridized carbons (Fsp3) is 0.321. The Bertz CT molecular complexity index is 1290. The van der Waals surface area contributed by atoms with E-state index in [2.05, 4.69) is 5.32 Å². The van der Waals surface area contributed by atoms with Crippen LogP contribution < -0.4 is 14.4 Å². The summed E-state index contributed by atoms with van der Waals surface area (Å²) in [4.78, 5) is 13.6. The Morgan fingerprint density at radius 2 is 1.66 bits per heavy atom. The van der Waals surface area contributed by atoms with Crippen LogP contribution in [0.15, 0.2) is 83.8 Å². The maximum Gasteiger partial charge on any atom is 0.264 e. The number of hydrogen-bond donors (Lipinski definition) is 1. The zero-order valence-corrected chi connectivity index (χ0v) is 20.6. The van der Waals surface area contributed by atoms with Gasteiger partial charge >= 0.3 is 0 Å². The van der Waals surface area contributed by atoms with Crippen LogP contribution >= 0.6 is 0 Å². The van der Waals surface area contributed by atoms with Gasteiger partial charge in [-0.15, -0.1) is 0 Å². The molecule has 0 unspecified atom stereocenters. The molecule has 3 aromatic rings. The van der Waals surface area contributed by atoms with Crippen molar-refractivity contribution in [3.8, 4) is 5.75 Å². The molecule has 0 heterocycles. The van der Waals surface area contributed by atoms with Crippen molar-refractivity contribution in [1.29, 1.82) is 0 Å². The number of hydrogen-bond acceptors (Lipinski definition) is 4. The van der Waals surface area contributed by atoms with Gasteiger partial charge < -0.3 is 10.1 Å². The minimum Gasteiger partial charge on any atom is -0.497 e. The molecule has 6 nitrogen and oxygen atoms in total. The highest BCUT2D eigenvalue weighted by atomic mass is 32.2. The summed E-state index contributed by atoms with van der Waals surface area (Å²) in [5.41, 5.74) is 1.56. The first-order valence-corrected chi connectivity index (χ1v) is 13.5. The van der Waals surface area contributed by atoms with Crippen molar-refractivity contribution in [3.05, 3.63) is 90.0 Å². The van der Waals surface area contributed by atoms with Gasteiger partial charge in [-0.25, -0.2) is 8.42 Å². The number of amides is 1. The molecule has 3 aromatic carbocycles. The number of carbonyl (C=O) groups is 1. The predicted molar refractivity (Wildman–Crippen MR) is 136 cm³/mol. The number of rotatable bonds is 8. The lowest BCUT2D eigenvalue weighted by Gasteiger charge is -2.28. The highest BCUT2D eigenvalue weighted by molar-refractivity contribution is 7.92. The SMILES string of the molecule is COc1ccc(S(=O)(=O)N(Cc2ccccc2)c2ccccc2C(=O)N[C@H]2C[C@H]3CC[C@H]2C3)cc1. The molecule has 2 saturated carbocycles. The van der Waals surface area contributed by atoms with Gasteiger partial charge in [-0.05, 0) is 73.1 Å². The van der Waals surface area contributed by atoms with Crippen LogP contribution in [0.2, 0.25) is 0 Å². The Morgan fingerprint density at radius 3 is 2.31 bits per heavy atom. The van der Waals surface area contributed by atoms with Crippen molar-refractivity contribution in [2.24, 2.45) is 11.8 Å².